The Kier molecular flexibility index (Phi) is 8.96. The van der Waals surface area contributed by atoms with Gasteiger partial charge < -0.3 is 19.5 Å². The van der Waals surface area contributed by atoms with Gasteiger partial charge in [-0.3, -0.25) is 4.79 Å². The molecule has 8 nitrogen and oxygen atoms in total. The molecule has 2 N–H and O–H groups in total. The minimum Gasteiger partial charge on any atom is -0.491 e. The Morgan fingerprint density at radius 2 is 1.73 bits per heavy atom. The molecule has 2 aromatic rings. The van der Waals surface area contributed by atoms with Crippen LogP contribution in [0.2, 0.25) is 0 Å². The molecule has 33 heavy (non-hydrogen) atoms. The van der Waals surface area contributed by atoms with Crippen LogP contribution in [-0.2, 0) is 21.4 Å². The van der Waals surface area contributed by atoms with E-state index in [0.29, 0.717) is 57.1 Å². The Morgan fingerprint density at radius 1 is 1.00 bits per heavy atom. The van der Waals surface area contributed by atoms with Crippen LogP contribution in [0.25, 0.3) is 0 Å². The second-order valence-electron chi connectivity index (χ2n) is 8.10. The highest BCUT2D eigenvalue weighted by atomic mass is 32.2. The first-order chi connectivity index (χ1) is 15.8. The third-order valence-corrected chi connectivity index (χ3v) is 6.44. The number of hydrogen-bond acceptors (Lipinski definition) is 6. The van der Waals surface area contributed by atoms with Crippen molar-refractivity contribution in [2.45, 2.75) is 57.1 Å². The number of carbonyl (C=O) groups is 1. The molecule has 1 amide bonds. The van der Waals surface area contributed by atoms with Crippen molar-refractivity contribution in [3.63, 3.8) is 0 Å². The molecule has 2 aromatic carbocycles. The monoisotopic (exact) mass is 476 g/mol. The van der Waals surface area contributed by atoms with E-state index < -0.39 is 10.0 Å². The van der Waals surface area contributed by atoms with Crippen molar-refractivity contribution in [2.24, 2.45) is 0 Å². The molecule has 0 bridgehead atoms. The number of nitrogens with one attached hydrogen (secondary N) is 2. The van der Waals surface area contributed by atoms with Crippen LogP contribution in [-0.4, -0.2) is 40.2 Å². The van der Waals surface area contributed by atoms with Gasteiger partial charge in [0.25, 0.3) is 0 Å². The predicted molar refractivity (Wildman–Crippen MR) is 125 cm³/mol. The van der Waals surface area contributed by atoms with E-state index >= 15 is 0 Å². The second-order valence-corrected chi connectivity index (χ2v) is 9.87. The normalized spacial score (nSPS) is 13.1. The molecule has 0 saturated carbocycles. The van der Waals surface area contributed by atoms with Crippen LogP contribution in [0.5, 0.6) is 17.2 Å². The number of carbonyl (C=O) groups excluding carboxylic acids is 1. The molecule has 0 saturated heterocycles. The van der Waals surface area contributed by atoms with Crippen molar-refractivity contribution in [3.05, 3.63) is 48.0 Å². The van der Waals surface area contributed by atoms with Gasteiger partial charge in [-0.1, -0.05) is 18.6 Å². The molecule has 1 aliphatic heterocycles. The Bertz CT molecular complexity index is 1020. The summed E-state index contributed by atoms with van der Waals surface area (Å²) in [7, 11) is -3.62. The lowest BCUT2D eigenvalue weighted by atomic mass is 10.1. The fourth-order valence-electron chi connectivity index (χ4n) is 3.32. The average molecular weight is 477 g/mol. The molecule has 1 heterocycles. The minimum atomic E-state index is -3.62. The number of unbranched alkanes of at least 4 members (excludes halogenated alkanes) is 2. The summed E-state index contributed by atoms with van der Waals surface area (Å²) in [5.41, 5.74) is 1.01. The maximum atomic E-state index is 12.5. The van der Waals surface area contributed by atoms with Crippen molar-refractivity contribution in [3.8, 4) is 17.2 Å². The van der Waals surface area contributed by atoms with Gasteiger partial charge in [0.15, 0.2) is 11.5 Å². The molecule has 3 rings (SSSR count). The summed E-state index contributed by atoms with van der Waals surface area (Å²) >= 11 is 0. The van der Waals surface area contributed by atoms with E-state index in [1.54, 1.807) is 6.07 Å². The van der Waals surface area contributed by atoms with E-state index in [2.05, 4.69) is 10.0 Å². The molecule has 180 valence electrons. The molecule has 0 radical (unpaired) electrons. The van der Waals surface area contributed by atoms with Gasteiger partial charge in [0.05, 0.1) is 11.0 Å². The van der Waals surface area contributed by atoms with Gasteiger partial charge in [0, 0.05) is 25.6 Å². The van der Waals surface area contributed by atoms with Crippen molar-refractivity contribution in [1.29, 1.82) is 0 Å². The molecule has 9 heteroatoms. The lowest BCUT2D eigenvalue weighted by Gasteiger charge is -2.18. The number of amides is 1. The van der Waals surface area contributed by atoms with E-state index in [1.807, 2.05) is 38.1 Å². The summed E-state index contributed by atoms with van der Waals surface area (Å²) in [6.45, 7) is 5.58. The standard InChI is InChI=1S/C24H32N2O6S/c1-18(2)32-20-9-7-19(8-10-20)17-25-24(27)6-4-3-5-13-26-33(28,29)21-11-12-22-23(16-21)31-15-14-30-22/h7-12,16,18,26H,3-6,13-15,17H2,1-2H3,(H,25,27). The third-order valence-electron chi connectivity index (χ3n) is 4.98. The van der Waals surface area contributed by atoms with Crippen LogP contribution >= 0.6 is 0 Å². The Hall–Kier alpha value is -2.78. The second kappa shape index (κ2) is 11.9. The van der Waals surface area contributed by atoms with Gasteiger partial charge in [-0.25, -0.2) is 13.1 Å². The largest absolute Gasteiger partial charge is 0.491 e. The molecule has 0 aliphatic carbocycles. The van der Waals surface area contributed by atoms with E-state index in [4.69, 9.17) is 14.2 Å². The van der Waals surface area contributed by atoms with Crippen LogP contribution in [0.4, 0.5) is 0 Å². The molecule has 0 fully saturated rings. The molecule has 0 aromatic heterocycles. The zero-order chi connectivity index (χ0) is 23.7. The summed E-state index contributed by atoms with van der Waals surface area (Å²) in [4.78, 5) is 12.2. The summed E-state index contributed by atoms with van der Waals surface area (Å²) in [6, 6.07) is 12.3. The number of rotatable bonds is 12. The van der Waals surface area contributed by atoms with Gasteiger partial charge in [-0.15, -0.1) is 0 Å². The van der Waals surface area contributed by atoms with Crippen molar-refractivity contribution >= 4 is 15.9 Å². The van der Waals surface area contributed by atoms with Gasteiger partial charge in [-0.05, 0) is 56.5 Å². The van der Waals surface area contributed by atoms with E-state index in [1.165, 1.54) is 12.1 Å². The maximum absolute atomic E-state index is 12.5. The quantitative estimate of drug-likeness (QED) is 0.455. The highest BCUT2D eigenvalue weighted by molar-refractivity contribution is 7.89. The fraction of sp³-hybridized carbons (Fsp3) is 0.458. The Balaban J connectivity index is 1.30. The van der Waals surface area contributed by atoms with E-state index in [9.17, 15) is 13.2 Å². The number of sulfonamides is 1. The number of benzene rings is 2. The Morgan fingerprint density at radius 3 is 2.45 bits per heavy atom. The van der Waals surface area contributed by atoms with Crippen LogP contribution < -0.4 is 24.2 Å². The smallest absolute Gasteiger partial charge is 0.240 e. The zero-order valence-electron chi connectivity index (χ0n) is 19.1. The SMILES string of the molecule is CC(C)Oc1ccc(CNC(=O)CCCCCNS(=O)(=O)c2ccc3c(c2)OCCO3)cc1. The van der Waals surface area contributed by atoms with Crippen LogP contribution in [0.1, 0.15) is 45.1 Å². The first-order valence-electron chi connectivity index (χ1n) is 11.2. The molecular formula is C24H32N2O6S. The van der Waals surface area contributed by atoms with E-state index in [-0.39, 0.29) is 16.9 Å². The highest BCUT2D eigenvalue weighted by Gasteiger charge is 2.18. The summed E-state index contributed by atoms with van der Waals surface area (Å²) < 4.78 is 44.0. The first kappa shape index (κ1) is 24.9. The molecule has 0 spiro atoms. The maximum Gasteiger partial charge on any atom is 0.240 e. The third kappa shape index (κ3) is 7.94. The minimum absolute atomic E-state index is 0.0191. The van der Waals surface area contributed by atoms with Crippen molar-refractivity contribution < 1.29 is 27.4 Å². The highest BCUT2D eigenvalue weighted by Crippen LogP contribution is 2.32. The summed E-state index contributed by atoms with van der Waals surface area (Å²) in [5.74, 6) is 1.78. The summed E-state index contributed by atoms with van der Waals surface area (Å²) in [5, 5.41) is 2.91. The number of fused-ring (bicyclic) bond motifs is 1. The van der Waals surface area contributed by atoms with Crippen LogP contribution in [0.15, 0.2) is 47.4 Å². The average Bonchev–Trinajstić information content (AvgIpc) is 2.80. The molecule has 0 atom stereocenters. The van der Waals surface area contributed by atoms with Crippen LogP contribution in [0.3, 0.4) is 0 Å². The van der Waals surface area contributed by atoms with Gasteiger partial charge in [-0.2, -0.15) is 0 Å². The van der Waals surface area contributed by atoms with Gasteiger partial charge in [0.1, 0.15) is 19.0 Å². The zero-order valence-corrected chi connectivity index (χ0v) is 19.9. The number of hydrogen-bond donors (Lipinski definition) is 2. The van der Waals surface area contributed by atoms with Crippen LogP contribution in [0, 0.1) is 0 Å². The molecule has 0 unspecified atom stereocenters. The summed E-state index contributed by atoms with van der Waals surface area (Å²) in [6.07, 6.45) is 2.62. The Labute approximate surface area is 195 Å². The lowest BCUT2D eigenvalue weighted by molar-refractivity contribution is -0.121. The predicted octanol–water partition coefficient (Wildman–Crippen LogP) is 3.40. The number of ether oxygens (including phenoxy) is 3. The topological polar surface area (TPSA) is 103 Å². The van der Waals surface area contributed by atoms with E-state index in [0.717, 1.165) is 17.7 Å². The van der Waals surface area contributed by atoms with Crippen molar-refractivity contribution in [1.82, 2.24) is 10.0 Å². The molecule has 1 aliphatic rings. The fourth-order valence-corrected chi connectivity index (χ4v) is 4.40. The molecular weight excluding hydrogens is 444 g/mol. The van der Waals surface area contributed by atoms with Gasteiger partial charge in [0.2, 0.25) is 15.9 Å². The van der Waals surface area contributed by atoms with Crippen molar-refractivity contribution in [2.75, 3.05) is 19.8 Å². The first-order valence-corrected chi connectivity index (χ1v) is 12.7. The lowest BCUT2D eigenvalue weighted by Crippen LogP contribution is -2.25. The van der Waals surface area contributed by atoms with Gasteiger partial charge >= 0.3 is 0 Å².